The van der Waals surface area contributed by atoms with E-state index in [0.717, 1.165) is 0 Å². The van der Waals surface area contributed by atoms with Gasteiger partial charge in [0.15, 0.2) is 0 Å². The molecule has 0 radical (unpaired) electrons. The molecule has 0 unspecified atom stereocenters. The number of rotatable bonds is 0. The van der Waals surface area contributed by atoms with Crippen LogP contribution in [0.3, 0.4) is 0 Å². The Hall–Kier alpha value is -2.40. The van der Waals surface area contributed by atoms with Crippen molar-refractivity contribution in [3.8, 4) is 0 Å². The molecule has 1 rings (SSSR count). The summed E-state index contributed by atoms with van der Waals surface area (Å²) in [5.41, 5.74) is 0. The van der Waals surface area contributed by atoms with Crippen LogP contribution in [0.1, 0.15) is 0 Å². The van der Waals surface area contributed by atoms with Gasteiger partial charge in [0.2, 0.25) is 11.6 Å². The molecule has 0 N–H and O–H groups in total. The quantitative estimate of drug-likeness (QED) is 0.442. The maximum atomic E-state index is 13.0. The van der Waals surface area contributed by atoms with Crippen LogP contribution in [0, 0.1) is 69.8 Å². The number of hydrogen-bond donors (Lipinski definition) is 0. The second kappa shape index (κ2) is 7.01. The standard InChI is InChI=1S/C12F12/c13-1-2(14)4(16)6(18)8(20)10(22)12(24)11(23)9(21)7(19)5(17)3(1)15/q+2. The molecule has 0 heterocycles. The van der Waals surface area contributed by atoms with Gasteiger partial charge in [-0.05, 0) is 0 Å². The van der Waals surface area contributed by atoms with Gasteiger partial charge < -0.3 is 0 Å². The van der Waals surface area contributed by atoms with Crippen LogP contribution in [0.25, 0.3) is 0 Å². The molecule has 0 spiro atoms. The summed E-state index contributed by atoms with van der Waals surface area (Å²) in [5.74, 6) is -40.0. The Kier molecular flexibility index (Phi) is 5.74. The first-order valence-electron chi connectivity index (χ1n) is 5.27. The minimum Gasteiger partial charge on any atom is -0.199 e. The van der Waals surface area contributed by atoms with Gasteiger partial charge in [0, 0.05) is 0 Å². The van der Waals surface area contributed by atoms with Gasteiger partial charge in [0.1, 0.15) is 0 Å². The molecule has 0 bridgehead atoms. The number of hydrogen-bond acceptors (Lipinski definition) is 0. The zero-order chi connectivity index (χ0) is 18.9. The molecule has 1 aromatic carbocycles. The third kappa shape index (κ3) is 3.26. The average molecular weight is 372 g/mol. The third-order valence-electron chi connectivity index (χ3n) is 2.31. The molecule has 0 saturated heterocycles. The van der Waals surface area contributed by atoms with E-state index in [1.807, 2.05) is 0 Å². The van der Waals surface area contributed by atoms with Crippen molar-refractivity contribution in [3.05, 3.63) is 69.8 Å². The lowest BCUT2D eigenvalue weighted by Crippen LogP contribution is -2.04. The van der Waals surface area contributed by atoms with Crippen molar-refractivity contribution >= 4 is 0 Å². The molecular formula is C12F12+2. The van der Waals surface area contributed by atoms with E-state index in [1.165, 1.54) is 0 Å². The lowest BCUT2D eigenvalue weighted by Gasteiger charge is -1.91. The van der Waals surface area contributed by atoms with E-state index in [-0.39, 0.29) is 0 Å². The van der Waals surface area contributed by atoms with E-state index in [2.05, 4.69) is 0 Å². The summed E-state index contributed by atoms with van der Waals surface area (Å²) in [6.45, 7) is 0. The minimum atomic E-state index is -3.33. The summed E-state index contributed by atoms with van der Waals surface area (Å²) in [4.78, 5) is 0. The number of halogens is 12. The smallest absolute Gasteiger partial charge is 0.199 e. The van der Waals surface area contributed by atoms with Gasteiger partial charge in [-0.2, -0.15) is 26.3 Å². The molecule has 0 nitrogen and oxygen atoms in total. The molecule has 0 fully saturated rings. The summed E-state index contributed by atoms with van der Waals surface area (Å²) < 4.78 is 156. The molecule has 0 atom stereocenters. The fraction of sp³-hybridized carbons (Fsp3) is 0. The zero-order valence-electron chi connectivity index (χ0n) is 10.5. The first-order chi connectivity index (χ1) is 10.9. The third-order valence-corrected chi connectivity index (χ3v) is 2.31. The van der Waals surface area contributed by atoms with Crippen LogP contribution in [-0.2, 0) is 0 Å². The average Bonchev–Trinajstić information content (AvgIpc) is 2.59. The molecule has 0 amide bonds. The van der Waals surface area contributed by atoms with Crippen LogP contribution in [0.2, 0.25) is 0 Å². The largest absolute Gasteiger partial charge is 0.405 e. The van der Waals surface area contributed by atoms with E-state index in [9.17, 15) is 52.7 Å². The SMILES string of the molecule is Fc1c(F)c(F)c(F)c(F)[c+](F)c(F)c(F)[c+](F)c(F)c(F)c1F. The van der Waals surface area contributed by atoms with Crippen LogP contribution in [0.5, 0.6) is 0 Å². The second-order valence-electron chi connectivity index (χ2n) is 3.77. The Morgan fingerprint density at radius 1 is 0.333 bits per heavy atom. The van der Waals surface area contributed by atoms with Crippen LogP contribution >= 0.6 is 0 Å². The predicted molar refractivity (Wildman–Crippen MR) is 52.4 cm³/mol. The maximum Gasteiger partial charge on any atom is 0.405 e. The Labute approximate surface area is 123 Å². The Morgan fingerprint density at radius 3 is 0.792 bits per heavy atom. The van der Waals surface area contributed by atoms with E-state index in [4.69, 9.17) is 0 Å². The van der Waals surface area contributed by atoms with Gasteiger partial charge >= 0.3 is 34.9 Å². The van der Waals surface area contributed by atoms with Crippen molar-refractivity contribution < 1.29 is 52.7 Å². The van der Waals surface area contributed by atoms with Crippen molar-refractivity contribution in [1.29, 1.82) is 0 Å². The monoisotopic (exact) mass is 372 g/mol. The summed E-state index contributed by atoms with van der Waals surface area (Å²) in [6, 6.07) is 0. The molecular weight excluding hydrogens is 372 g/mol. The predicted octanol–water partition coefficient (Wildman–Crippen LogP) is 5.04. The van der Waals surface area contributed by atoms with Gasteiger partial charge in [0.05, 0.1) is 0 Å². The van der Waals surface area contributed by atoms with Gasteiger partial charge in [-0.1, -0.05) is 8.78 Å². The summed E-state index contributed by atoms with van der Waals surface area (Å²) in [7, 11) is 0. The maximum absolute atomic E-state index is 13.0. The van der Waals surface area contributed by atoms with E-state index in [0.29, 0.717) is 0 Å². The summed E-state index contributed by atoms with van der Waals surface area (Å²) in [6.07, 6.45) is 0. The molecule has 1 aromatic rings. The topological polar surface area (TPSA) is 0 Å². The lowest BCUT2D eigenvalue weighted by atomic mass is 10.3. The second-order valence-corrected chi connectivity index (χ2v) is 3.77. The normalized spacial score (nSPS) is 10.5. The van der Waals surface area contributed by atoms with Crippen LogP contribution in [0.4, 0.5) is 52.7 Å². The fourth-order valence-corrected chi connectivity index (χ4v) is 1.16. The lowest BCUT2D eigenvalue weighted by molar-refractivity contribution is 0.334. The van der Waals surface area contributed by atoms with Crippen LogP contribution in [-0.4, -0.2) is 0 Å². The Bertz CT molecular complexity index is 520. The molecule has 0 aliphatic rings. The van der Waals surface area contributed by atoms with E-state index < -0.39 is 69.8 Å². The molecule has 0 aliphatic heterocycles. The molecule has 0 aromatic heterocycles. The molecule has 130 valence electrons. The first-order valence-corrected chi connectivity index (χ1v) is 5.27. The van der Waals surface area contributed by atoms with Crippen molar-refractivity contribution in [1.82, 2.24) is 0 Å². The molecule has 24 heavy (non-hydrogen) atoms. The van der Waals surface area contributed by atoms with Gasteiger partial charge in [-0.15, -0.1) is 17.6 Å². The highest BCUT2D eigenvalue weighted by atomic mass is 19.2. The van der Waals surface area contributed by atoms with Gasteiger partial charge in [0.25, 0.3) is 23.3 Å². The highest BCUT2D eigenvalue weighted by molar-refractivity contribution is 5.15. The molecule has 0 saturated carbocycles. The summed E-state index contributed by atoms with van der Waals surface area (Å²) >= 11 is 0. The minimum absolute atomic E-state index is 3.33. The Balaban J connectivity index is 4.45. The highest BCUT2D eigenvalue weighted by Crippen LogP contribution is 2.21. The summed E-state index contributed by atoms with van der Waals surface area (Å²) in [5, 5.41) is 0. The van der Waals surface area contributed by atoms with Crippen molar-refractivity contribution in [2.75, 3.05) is 0 Å². The van der Waals surface area contributed by atoms with Crippen molar-refractivity contribution in [2.45, 2.75) is 0 Å². The highest BCUT2D eigenvalue weighted by Gasteiger charge is 2.38. The van der Waals surface area contributed by atoms with Crippen molar-refractivity contribution in [3.63, 3.8) is 0 Å². The van der Waals surface area contributed by atoms with Crippen molar-refractivity contribution in [2.24, 2.45) is 0 Å². The van der Waals surface area contributed by atoms with Crippen LogP contribution in [0.15, 0.2) is 0 Å². The zero-order valence-corrected chi connectivity index (χ0v) is 10.5. The van der Waals surface area contributed by atoms with Gasteiger partial charge in [-0.25, -0.2) is 0 Å². The van der Waals surface area contributed by atoms with E-state index in [1.54, 1.807) is 0 Å². The Morgan fingerprint density at radius 2 is 0.542 bits per heavy atom. The van der Waals surface area contributed by atoms with Crippen LogP contribution < -0.4 is 0 Å². The molecule has 12 heteroatoms. The fourth-order valence-electron chi connectivity index (χ4n) is 1.16. The molecule has 0 aliphatic carbocycles. The first kappa shape index (κ1) is 19.6. The van der Waals surface area contributed by atoms with E-state index >= 15 is 0 Å². The van der Waals surface area contributed by atoms with Gasteiger partial charge in [-0.3, -0.25) is 0 Å².